The summed E-state index contributed by atoms with van der Waals surface area (Å²) in [4.78, 5) is 26.2. The maximum absolute atomic E-state index is 12.7. The summed E-state index contributed by atoms with van der Waals surface area (Å²) >= 11 is 0. The number of aryl methyl sites for hydroxylation is 1. The summed E-state index contributed by atoms with van der Waals surface area (Å²) in [5.74, 6) is 1.41. The molecule has 2 heterocycles. The van der Waals surface area contributed by atoms with E-state index >= 15 is 0 Å². The van der Waals surface area contributed by atoms with Crippen molar-refractivity contribution >= 4 is 33.1 Å². The lowest BCUT2D eigenvalue weighted by atomic mass is 10.1. The fourth-order valence-electron chi connectivity index (χ4n) is 3.73. The third kappa shape index (κ3) is 6.33. The minimum atomic E-state index is -3.33. The van der Waals surface area contributed by atoms with Gasteiger partial charge in [0.15, 0.2) is 9.84 Å². The Morgan fingerprint density at radius 3 is 2.58 bits per heavy atom. The summed E-state index contributed by atoms with van der Waals surface area (Å²) in [5.41, 5.74) is 4.10. The van der Waals surface area contributed by atoms with Crippen LogP contribution >= 0.6 is 0 Å². The fourth-order valence-corrected chi connectivity index (χ4v) is 4.36. The van der Waals surface area contributed by atoms with Crippen molar-refractivity contribution in [2.75, 3.05) is 23.5 Å². The van der Waals surface area contributed by atoms with Gasteiger partial charge in [0.05, 0.1) is 23.4 Å². The van der Waals surface area contributed by atoms with Gasteiger partial charge in [-0.05, 0) is 79.8 Å². The van der Waals surface area contributed by atoms with E-state index in [0.717, 1.165) is 23.1 Å². The van der Waals surface area contributed by atoms with Crippen LogP contribution in [0.2, 0.25) is 0 Å². The van der Waals surface area contributed by atoms with E-state index in [1.54, 1.807) is 30.7 Å². The van der Waals surface area contributed by atoms with Crippen molar-refractivity contribution in [3.63, 3.8) is 0 Å². The van der Waals surface area contributed by atoms with Gasteiger partial charge in [0.1, 0.15) is 5.75 Å². The Morgan fingerprint density at radius 2 is 1.84 bits per heavy atom. The third-order valence-corrected chi connectivity index (χ3v) is 7.26. The van der Waals surface area contributed by atoms with Crippen LogP contribution in [0.3, 0.4) is 0 Å². The van der Waals surface area contributed by atoms with Crippen LogP contribution in [0.15, 0.2) is 78.1 Å². The van der Waals surface area contributed by atoms with Gasteiger partial charge in [-0.25, -0.2) is 18.4 Å². The Morgan fingerprint density at radius 1 is 1.05 bits per heavy atom. The molecule has 2 N–H and O–H groups in total. The summed E-state index contributed by atoms with van der Waals surface area (Å²) in [6.45, 7) is 2.64. The quantitative estimate of drug-likeness (QED) is 0.309. The monoisotopic (exact) mass is 529 g/mol. The summed E-state index contributed by atoms with van der Waals surface area (Å²) in [7, 11) is -3.33. The zero-order valence-corrected chi connectivity index (χ0v) is 21.8. The Balaban J connectivity index is 1.30. The van der Waals surface area contributed by atoms with Crippen molar-refractivity contribution in [3.05, 3.63) is 84.3 Å². The van der Waals surface area contributed by atoms with Crippen molar-refractivity contribution in [2.45, 2.75) is 24.7 Å². The first kappa shape index (κ1) is 25.3. The topological polar surface area (TPSA) is 123 Å². The highest BCUT2D eigenvalue weighted by atomic mass is 32.2. The maximum Gasteiger partial charge on any atom is 0.255 e. The van der Waals surface area contributed by atoms with Crippen LogP contribution in [-0.4, -0.2) is 42.1 Å². The highest BCUT2D eigenvalue weighted by Gasteiger charge is 2.22. The molecular formula is C28H27N5O4S. The molecule has 1 amide bonds. The molecule has 4 aromatic rings. The van der Waals surface area contributed by atoms with Crippen molar-refractivity contribution < 1.29 is 17.9 Å². The number of nitrogens with one attached hydrogen (secondary N) is 2. The predicted octanol–water partition coefficient (Wildman–Crippen LogP) is 5.04. The molecule has 194 valence electrons. The standard InChI is InChI=1S/C28H27N5O4S/c1-18-3-8-22(31-27(34)20-6-9-24(10-7-20)38(2,35)36)14-26(18)33-28-30-12-11-25(32-28)21-13-23(16-29-15-21)37-17-19-4-5-19/h3,6-16,19H,4-5,17H2,1-2H3,(H,31,34)(H,30,32,33). The van der Waals surface area contributed by atoms with E-state index in [1.165, 1.54) is 37.1 Å². The molecule has 0 radical (unpaired) electrons. The minimum absolute atomic E-state index is 0.159. The number of carbonyl (C=O) groups is 1. The zero-order valence-electron chi connectivity index (χ0n) is 21.0. The molecule has 0 spiro atoms. The number of sulfone groups is 1. The van der Waals surface area contributed by atoms with Gasteiger partial charge < -0.3 is 15.4 Å². The van der Waals surface area contributed by atoms with Crippen LogP contribution in [0, 0.1) is 12.8 Å². The highest BCUT2D eigenvalue weighted by Crippen LogP contribution is 2.30. The molecule has 10 heteroatoms. The number of aromatic nitrogens is 3. The van der Waals surface area contributed by atoms with Gasteiger partial charge in [-0.1, -0.05) is 6.07 Å². The van der Waals surface area contributed by atoms with Gasteiger partial charge in [0.25, 0.3) is 5.91 Å². The Kier molecular flexibility index (Phi) is 7.06. The van der Waals surface area contributed by atoms with Gasteiger partial charge in [-0.15, -0.1) is 0 Å². The summed E-state index contributed by atoms with van der Waals surface area (Å²) in [6, 6.07) is 15.0. The summed E-state index contributed by atoms with van der Waals surface area (Å²) < 4.78 is 29.2. The smallest absolute Gasteiger partial charge is 0.255 e. The number of rotatable bonds is 9. The van der Waals surface area contributed by atoms with Crippen LogP contribution in [0.4, 0.5) is 17.3 Å². The molecule has 0 saturated heterocycles. The molecule has 1 aliphatic rings. The van der Waals surface area contributed by atoms with Gasteiger partial charge in [-0.2, -0.15) is 0 Å². The Hall–Kier alpha value is -4.31. The maximum atomic E-state index is 12.7. The number of benzene rings is 2. The van der Waals surface area contributed by atoms with Crippen LogP contribution in [0.5, 0.6) is 5.75 Å². The van der Waals surface area contributed by atoms with E-state index in [0.29, 0.717) is 41.2 Å². The number of hydrogen-bond donors (Lipinski definition) is 2. The van der Waals surface area contributed by atoms with Gasteiger partial charge in [0, 0.05) is 41.2 Å². The second kappa shape index (κ2) is 10.6. The number of ether oxygens (including phenoxy) is 1. The molecule has 1 saturated carbocycles. The van der Waals surface area contributed by atoms with Crippen LogP contribution in [0.1, 0.15) is 28.8 Å². The zero-order chi connectivity index (χ0) is 26.7. The first-order chi connectivity index (χ1) is 18.2. The Bertz CT molecular complexity index is 1590. The first-order valence-corrected chi connectivity index (χ1v) is 14.0. The van der Waals surface area contributed by atoms with Crippen molar-refractivity contribution in [1.29, 1.82) is 0 Å². The van der Waals surface area contributed by atoms with E-state index in [2.05, 4.69) is 25.6 Å². The predicted molar refractivity (Wildman–Crippen MR) is 145 cm³/mol. The molecule has 0 unspecified atom stereocenters. The van der Waals surface area contributed by atoms with E-state index in [9.17, 15) is 13.2 Å². The van der Waals surface area contributed by atoms with E-state index < -0.39 is 9.84 Å². The van der Waals surface area contributed by atoms with E-state index in [4.69, 9.17) is 4.74 Å². The molecule has 0 atom stereocenters. The second-order valence-corrected chi connectivity index (χ2v) is 11.4. The fraction of sp³-hybridized carbons (Fsp3) is 0.214. The lowest BCUT2D eigenvalue weighted by Gasteiger charge is -2.12. The van der Waals surface area contributed by atoms with Gasteiger partial charge in [0.2, 0.25) is 5.95 Å². The lowest BCUT2D eigenvalue weighted by Crippen LogP contribution is -2.12. The van der Waals surface area contributed by atoms with Gasteiger partial charge in [-0.3, -0.25) is 9.78 Å². The SMILES string of the molecule is Cc1ccc(NC(=O)c2ccc(S(C)(=O)=O)cc2)cc1Nc1nccc(-c2cncc(OCC3CC3)c2)n1. The number of carbonyl (C=O) groups excluding carboxylic acids is 1. The number of amides is 1. The van der Waals surface area contributed by atoms with Crippen molar-refractivity contribution in [1.82, 2.24) is 15.0 Å². The van der Waals surface area contributed by atoms with Crippen LogP contribution < -0.4 is 15.4 Å². The summed E-state index contributed by atoms with van der Waals surface area (Å²) in [6.07, 6.45) is 8.67. The third-order valence-electron chi connectivity index (χ3n) is 6.13. The number of pyridine rings is 1. The average Bonchev–Trinajstić information content (AvgIpc) is 3.74. The Labute approximate surface area is 221 Å². The van der Waals surface area contributed by atoms with Crippen molar-refractivity contribution in [3.8, 4) is 17.0 Å². The highest BCUT2D eigenvalue weighted by molar-refractivity contribution is 7.90. The number of nitrogens with zero attached hydrogens (tertiary/aromatic N) is 3. The van der Waals surface area contributed by atoms with E-state index in [-0.39, 0.29) is 10.8 Å². The largest absolute Gasteiger partial charge is 0.492 e. The molecule has 2 aromatic heterocycles. The molecule has 9 nitrogen and oxygen atoms in total. The molecular weight excluding hydrogens is 502 g/mol. The van der Waals surface area contributed by atoms with Crippen molar-refractivity contribution in [2.24, 2.45) is 5.92 Å². The average molecular weight is 530 g/mol. The molecule has 1 aliphatic carbocycles. The number of anilines is 3. The molecule has 2 aromatic carbocycles. The first-order valence-electron chi connectivity index (χ1n) is 12.1. The van der Waals surface area contributed by atoms with Crippen LogP contribution in [-0.2, 0) is 9.84 Å². The van der Waals surface area contributed by atoms with E-state index in [1.807, 2.05) is 25.1 Å². The normalized spacial score (nSPS) is 13.1. The van der Waals surface area contributed by atoms with Gasteiger partial charge >= 0.3 is 0 Å². The minimum Gasteiger partial charge on any atom is -0.492 e. The molecule has 0 aliphatic heterocycles. The second-order valence-electron chi connectivity index (χ2n) is 9.33. The lowest BCUT2D eigenvalue weighted by molar-refractivity contribution is 0.102. The molecule has 5 rings (SSSR count). The van der Waals surface area contributed by atoms with Crippen LogP contribution in [0.25, 0.3) is 11.3 Å². The molecule has 1 fully saturated rings. The summed E-state index contributed by atoms with van der Waals surface area (Å²) in [5, 5.41) is 6.08. The number of hydrogen-bond acceptors (Lipinski definition) is 8. The molecule has 38 heavy (non-hydrogen) atoms. The molecule has 0 bridgehead atoms.